The summed E-state index contributed by atoms with van der Waals surface area (Å²) in [5.74, 6) is 1.57. The maximum atomic E-state index is 5.53. The van der Waals surface area contributed by atoms with Crippen molar-refractivity contribution < 1.29 is 9.26 Å². The lowest BCUT2D eigenvalue weighted by atomic mass is 10.1. The fraction of sp³-hybridized carbons (Fsp3) is 0.250. The van der Waals surface area contributed by atoms with E-state index in [0.717, 1.165) is 29.1 Å². The number of aromatic nitrogens is 1. The van der Waals surface area contributed by atoms with Gasteiger partial charge in [0.2, 0.25) is 0 Å². The Labute approximate surface area is 94.0 Å². The van der Waals surface area contributed by atoms with Gasteiger partial charge < -0.3 is 15.0 Å². The monoisotopic (exact) mass is 218 g/mol. The zero-order valence-electron chi connectivity index (χ0n) is 9.14. The van der Waals surface area contributed by atoms with Gasteiger partial charge in [-0.15, -0.1) is 0 Å². The molecule has 2 aromatic rings. The van der Waals surface area contributed by atoms with Crippen LogP contribution < -0.4 is 10.5 Å². The summed E-state index contributed by atoms with van der Waals surface area (Å²) in [6, 6.07) is 7.69. The minimum Gasteiger partial charge on any atom is -0.497 e. The van der Waals surface area contributed by atoms with Crippen molar-refractivity contribution in [1.82, 2.24) is 5.16 Å². The molecule has 0 spiro atoms. The standard InChI is InChI=1S/C12H14N2O2/c1-15-11-4-2-3-9(7-11)12-10(5-6-13)8-14-16-12/h2-4,7-8H,5-6,13H2,1H3. The highest BCUT2D eigenvalue weighted by molar-refractivity contribution is 5.62. The van der Waals surface area contributed by atoms with Crippen LogP contribution in [0.25, 0.3) is 11.3 Å². The first-order chi connectivity index (χ1) is 7.85. The molecule has 0 aliphatic heterocycles. The van der Waals surface area contributed by atoms with Gasteiger partial charge in [0, 0.05) is 11.1 Å². The lowest BCUT2D eigenvalue weighted by Gasteiger charge is -2.03. The average molecular weight is 218 g/mol. The van der Waals surface area contributed by atoms with Crippen molar-refractivity contribution in [1.29, 1.82) is 0 Å². The summed E-state index contributed by atoms with van der Waals surface area (Å²) in [5.41, 5.74) is 7.51. The van der Waals surface area contributed by atoms with Crippen LogP contribution in [0.3, 0.4) is 0 Å². The number of nitrogens with two attached hydrogens (primary N) is 1. The van der Waals surface area contributed by atoms with E-state index in [2.05, 4.69) is 5.16 Å². The van der Waals surface area contributed by atoms with Gasteiger partial charge in [0.05, 0.1) is 13.3 Å². The highest BCUT2D eigenvalue weighted by atomic mass is 16.5. The minimum atomic E-state index is 0.582. The van der Waals surface area contributed by atoms with E-state index in [9.17, 15) is 0 Å². The van der Waals surface area contributed by atoms with Crippen LogP contribution in [0.2, 0.25) is 0 Å². The van der Waals surface area contributed by atoms with E-state index in [1.807, 2.05) is 24.3 Å². The molecule has 0 aliphatic carbocycles. The molecule has 1 heterocycles. The third-order valence-corrected chi connectivity index (χ3v) is 2.39. The van der Waals surface area contributed by atoms with Crippen LogP contribution in [0.15, 0.2) is 35.0 Å². The Morgan fingerprint density at radius 1 is 1.44 bits per heavy atom. The maximum absolute atomic E-state index is 5.53. The zero-order chi connectivity index (χ0) is 11.4. The third kappa shape index (κ3) is 2.06. The van der Waals surface area contributed by atoms with Crippen LogP contribution in [0, 0.1) is 0 Å². The van der Waals surface area contributed by atoms with E-state index < -0.39 is 0 Å². The molecular formula is C12H14N2O2. The first-order valence-electron chi connectivity index (χ1n) is 5.13. The predicted molar refractivity (Wildman–Crippen MR) is 61.2 cm³/mol. The van der Waals surface area contributed by atoms with Gasteiger partial charge in [-0.05, 0) is 25.1 Å². The summed E-state index contributed by atoms with van der Waals surface area (Å²) in [6.45, 7) is 0.582. The van der Waals surface area contributed by atoms with Gasteiger partial charge >= 0.3 is 0 Å². The molecule has 4 heteroatoms. The molecule has 4 nitrogen and oxygen atoms in total. The summed E-state index contributed by atoms with van der Waals surface area (Å²) in [7, 11) is 1.64. The third-order valence-electron chi connectivity index (χ3n) is 2.39. The average Bonchev–Trinajstić information content (AvgIpc) is 2.78. The first kappa shape index (κ1) is 10.7. The lowest BCUT2D eigenvalue weighted by Crippen LogP contribution is -2.02. The van der Waals surface area contributed by atoms with Gasteiger partial charge in [-0.3, -0.25) is 0 Å². The normalized spacial score (nSPS) is 10.4. The van der Waals surface area contributed by atoms with Crippen molar-refractivity contribution in [3.8, 4) is 17.1 Å². The molecular weight excluding hydrogens is 204 g/mol. The second-order valence-electron chi connectivity index (χ2n) is 3.45. The molecule has 2 rings (SSSR count). The molecule has 0 radical (unpaired) electrons. The molecule has 2 N–H and O–H groups in total. The number of rotatable bonds is 4. The van der Waals surface area contributed by atoms with Crippen LogP contribution in [-0.2, 0) is 6.42 Å². The van der Waals surface area contributed by atoms with Crippen LogP contribution in [0.4, 0.5) is 0 Å². The molecule has 0 amide bonds. The number of nitrogens with zero attached hydrogens (tertiary/aromatic N) is 1. The topological polar surface area (TPSA) is 61.3 Å². The fourth-order valence-electron chi connectivity index (χ4n) is 1.60. The van der Waals surface area contributed by atoms with Crippen LogP contribution in [0.5, 0.6) is 5.75 Å². The van der Waals surface area contributed by atoms with Crippen molar-refractivity contribution in [2.75, 3.05) is 13.7 Å². The summed E-state index contributed by atoms with van der Waals surface area (Å²) >= 11 is 0. The van der Waals surface area contributed by atoms with E-state index in [1.165, 1.54) is 0 Å². The molecule has 1 aromatic heterocycles. The van der Waals surface area contributed by atoms with Gasteiger partial charge in [0.1, 0.15) is 5.75 Å². The number of benzene rings is 1. The second kappa shape index (κ2) is 4.81. The smallest absolute Gasteiger partial charge is 0.170 e. The van der Waals surface area contributed by atoms with Gasteiger partial charge in [-0.2, -0.15) is 0 Å². The molecule has 0 saturated carbocycles. The Balaban J connectivity index is 2.37. The van der Waals surface area contributed by atoms with Gasteiger partial charge in [-0.25, -0.2) is 0 Å². The summed E-state index contributed by atoms with van der Waals surface area (Å²) in [4.78, 5) is 0. The second-order valence-corrected chi connectivity index (χ2v) is 3.45. The van der Waals surface area contributed by atoms with Gasteiger partial charge in [0.15, 0.2) is 5.76 Å². The highest BCUT2D eigenvalue weighted by Gasteiger charge is 2.10. The number of hydrogen-bond acceptors (Lipinski definition) is 4. The lowest BCUT2D eigenvalue weighted by molar-refractivity contribution is 0.413. The number of hydrogen-bond donors (Lipinski definition) is 1. The predicted octanol–water partition coefficient (Wildman–Crippen LogP) is 1.85. The Morgan fingerprint density at radius 3 is 3.06 bits per heavy atom. The van der Waals surface area contributed by atoms with Gasteiger partial charge in [-0.1, -0.05) is 17.3 Å². The maximum Gasteiger partial charge on any atom is 0.170 e. The molecule has 0 atom stereocenters. The summed E-state index contributed by atoms with van der Waals surface area (Å²) in [6.07, 6.45) is 2.47. The molecule has 0 saturated heterocycles. The van der Waals surface area contributed by atoms with Crippen molar-refractivity contribution >= 4 is 0 Å². The van der Waals surface area contributed by atoms with E-state index in [-0.39, 0.29) is 0 Å². The van der Waals surface area contributed by atoms with Crippen LogP contribution in [-0.4, -0.2) is 18.8 Å². The zero-order valence-corrected chi connectivity index (χ0v) is 9.14. The summed E-state index contributed by atoms with van der Waals surface area (Å²) in [5, 5.41) is 3.80. The highest BCUT2D eigenvalue weighted by Crippen LogP contribution is 2.26. The molecule has 0 aliphatic rings. The van der Waals surface area contributed by atoms with Crippen molar-refractivity contribution in [2.24, 2.45) is 5.73 Å². The Hall–Kier alpha value is -1.81. The Morgan fingerprint density at radius 2 is 2.31 bits per heavy atom. The first-order valence-corrected chi connectivity index (χ1v) is 5.13. The van der Waals surface area contributed by atoms with E-state index in [4.69, 9.17) is 15.0 Å². The Bertz CT molecular complexity index is 466. The van der Waals surface area contributed by atoms with E-state index in [1.54, 1.807) is 13.3 Å². The van der Waals surface area contributed by atoms with Crippen LogP contribution in [0.1, 0.15) is 5.56 Å². The van der Waals surface area contributed by atoms with Crippen LogP contribution >= 0.6 is 0 Å². The molecule has 0 unspecified atom stereocenters. The Kier molecular flexibility index (Phi) is 3.22. The fourth-order valence-corrected chi connectivity index (χ4v) is 1.60. The van der Waals surface area contributed by atoms with Crippen molar-refractivity contribution in [3.63, 3.8) is 0 Å². The molecule has 0 bridgehead atoms. The molecule has 16 heavy (non-hydrogen) atoms. The number of methoxy groups -OCH3 is 1. The van der Waals surface area contributed by atoms with Crippen molar-refractivity contribution in [3.05, 3.63) is 36.0 Å². The molecule has 0 fully saturated rings. The minimum absolute atomic E-state index is 0.582. The number of ether oxygens (including phenoxy) is 1. The summed E-state index contributed by atoms with van der Waals surface area (Å²) < 4.78 is 10.4. The molecule has 1 aromatic carbocycles. The molecule has 84 valence electrons. The van der Waals surface area contributed by atoms with E-state index >= 15 is 0 Å². The largest absolute Gasteiger partial charge is 0.497 e. The quantitative estimate of drug-likeness (QED) is 0.850. The van der Waals surface area contributed by atoms with Crippen molar-refractivity contribution in [2.45, 2.75) is 6.42 Å². The van der Waals surface area contributed by atoms with Gasteiger partial charge in [0.25, 0.3) is 0 Å². The SMILES string of the molecule is COc1cccc(-c2oncc2CCN)c1. The van der Waals surface area contributed by atoms with E-state index in [0.29, 0.717) is 6.54 Å².